The summed E-state index contributed by atoms with van der Waals surface area (Å²) in [6.07, 6.45) is 4.63. The molecule has 3 aromatic heterocycles. The van der Waals surface area contributed by atoms with Gasteiger partial charge in [0.2, 0.25) is 0 Å². The van der Waals surface area contributed by atoms with Crippen LogP contribution >= 0.6 is 12.2 Å². The van der Waals surface area contributed by atoms with Crippen LogP contribution in [-0.2, 0) is 6.54 Å². The number of furan rings is 1. The molecule has 164 valence electrons. The highest BCUT2D eigenvalue weighted by Gasteiger charge is 2.41. The maximum absolute atomic E-state index is 5.80. The normalized spacial score (nSPS) is 18.7. The highest BCUT2D eigenvalue weighted by molar-refractivity contribution is 7.80. The first kappa shape index (κ1) is 21.6. The summed E-state index contributed by atoms with van der Waals surface area (Å²) < 4.78 is 7.93. The largest absolute Gasteiger partial charge is 0.467 e. The van der Waals surface area contributed by atoms with Crippen LogP contribution in [0.1, 0.15) is 46.9 Å². The van der Waals surface area contributed by atoms with Gasteiger partial charge in [-0.05, 0) is 89.0 Å². The second kappa shape index (κ2) is 9.24. The van der Waals surface area contributed by atoms with Crippen molar-refractivity contribution < 1.29 is 4.42 Å². The van der Waals surface area contributed by atoms with Gasteiger partial charge in [-0.15, -0.1) is 0 Å². The van der Waals surface area contributed by atoms with E-state index in [0.29, 0.717) is 0 Å². The van der Waals surface area contributed by atoms with Crippen LogP contribution in [0, 0.1) is 13.8 Å². The molecule has 3 aromatic rings. The number of nitrogens with zero attached hydrogens (tertiary/aromatic N) is 4. The summed E-state index contributed by atoms with van der Waals surface area (Å²) in [7, 11) is 4.22. The first-order chi connectivity index (χ1) is 15.0. The quantitative estimate of drug-likeness (QED) is 0.536. The Bertz CT molecular complexity index is 1010. The van der Waals surface area contributed by atoms with Gasteiger partial charge in [-0.25, -0.2) is 0 Å². The standard InChI is InChI=1S/C24H31N5OS/c1-17-15-20(18(2)29(17)16-19-9-7-14-30-19)23-22(21-10-5-6-11-25-21)26-24(31)28(23)13-8-12-27(3)4/h5-7,9-11,14-15,22-23H,8,12-13,16H2,1-4H3,(H,26,31)/t22-,23-/m1/s1. The molecule has 4 heterocycles. The summed E-state index contributed by atoms with van der Waals surface area (Å²) in [5.74, 6) is 0.956. The smallest absolute Gasteiger partial charge is 0.170 e. The molecule has 31 heavy (non-hydrogen) atoms. The van der Waals surface area contributed by atoms with Gasteiger partial charge in [0.05, 0.1) is 30.6 Å². The van der Waals surface area contributed by atoms with Crippen LogP contribution < -0.4 is 5.32 Å². The van der Waals surface area contributed by atoms with Crippen molar-refractivity contribution in [2.24, 2.45) is 0 Å². The average molecular weight is 438 g/mol. The Labute approximate surface area is 189 Å². The molecular weight excluding hydrogens is 406 g/mol. The summed E-state index contributed by atoms with van der Waals surface area (Å²) in [6.45, 7) is 7.01. The third-order valence-corrected chi connectivity index (χ3v) is 6.38. The van der Waals surface area contributed by atoms with Crippen molar-refractivity contribution in [1.29, 1.82) is 0 Å². The average Bonchev–Trinajstić information content (AvgIpc) is 3.44. The molecule has 1 saturated heterocycles. The Balaban J connectivity index is 1.70. The SMILES string of the molecule is Cc1cc([C@@H]2[C@@H](c3ccccn3)NC(=S)N2CCCN(C)C)c(C)n1Cc1ccco1. The van der Waals surface area contributed by atoms with Crippen LogP contribution in [0.2, 0.25) is 0 Å². The minimum Gasteiger partial charge on any atom is -0.467 e. The van der Waals surface area contributed by atoms with Gasteiger partial charge in [0.25, 0.3) is 0 Å². The number of rotatable bonds is 8. The molecule has 0 radical (unpaired) electrons. The van der Waals surface area contributed by atoms with Gasteiger partial charge in [-0.2, -0.15) is 0 Å². The fourth-order valence-electron chi connectivity index (χ4n) is 4.47. The molecule has 1 aliphatic heterocycles. The molecule has 0 bridgehead atoms. The Hall–Kier alpha value is -2.64. The molecule has 4 rings (SSSR count). The number of aromatic nitrogens is 2. The Morgan fingerprint density at radius 2 is 2.03 bits per heavy atom. The number of hydrogen-bond donors (Lipinski definition) is 1. The van der Waals surface area contributed by atoms with Crippen LogP contribution in [0.4, 0.5) is 0 Å². The molecular formula is C24H31N5OS. The van der Waals surface area contributed by atoms with Gasteiger partial charge >= 0.3 is 0 Å². The zero-order valence-corrected chi connectivity index (χ0v) is 19.5. The van der Waals surface area contributed by atoms with E-state index in [4.69, 9.17) is 16.6 Å². The van der Waals surface area contributed by atoms with Crippen LogP contribution in [0.3, 0.4) is 0 Å². The van der Waals surface area contributed by atoms with Crippen LogP contribution in [-0.4, -0.2) is 51.6 Å². The molecule has 1 aliphatic rings. The van der Waals surface area contributed by atoms with Crippen LogP contribution in [0.15, 0.2) is 53.3 Å². The first-order valence-corrected chi connectivity index (χ1v) is 11.2. The maximum atomic E-state index is 5.80. The lowest BCUT2D eigenvalue weighted by Crippen LogP contribution is -2.32. The van der Waals surface area contributed by atoms with Crippen molar-refractivity contribution in [3.63, 3.8) is 0 Å². The highest BCUT2D eigenvalue weighted by atomic mass is 32.1. The molecule has 0 unspecified atom stereocenters. The number of hydrogen-bond acceptors (Lipinski definition) is 4. The highest BCUT2D eigenvalue weighted by Crippen LogP contribution is 2.41. The lowest BCUT2D eigenvalue weighted by molar-refractivity contribution is 0.292. The van der Waals surface area contributed by atoms with E-state index in [1.165, 1.54) is 17.0 Å². The predicted octanol–water partition coefficient (Wildman–Crippen LogP) is 4.07. The van der Waals surface area contributed by atoms with Crippen molar-refractivity contribution >= 4 is 17.3 Å². The van der Waals surface area contributed by atoms with E-state index in [0.717, 1.165) is 42.6 Å². The van der Waals surface area contributed by atoms with Gasteiger partial charge in [-0.3, -0.25) is 4.98 Å². The minimum absolute atomic E-state index is 0.0191. The number of pyridine rings is 1. The summed E-state index contributed by atoms with van der Waals surface area (Å²) in [5, 5.41) is 4.36. The third kappa shape index (κ3) is 4.52. The van der Waals surface area contributed by atoms with Crippen molar-refractivity contribution in [3.8, 4) is 0 Å². The van der Waals surface area contributed by atoms with E-state index in [-0.39, 0.29) is 12.1 Å². The molecule has 0 amide bonds. The van der Waals surface area contributed by atoms with Gasteiger partial charge in [0, 0.05) is 24.1 Å². The van der Waals surface area contributed by atoms with Crippen molar-refractivity contribution in [3.05, 3.63) is 77.3 Å². The van der Waals surface area contributed by atoms with E-state index < -0.39 is 0 Å². The van der Waals surface area contributed by atoms with E-state index in [2.05, 4.69) is 64.7 Å². The zero-order valence-electron chi connectivity index (χ0n) is 18.7. The number of thiocarbonyl (C=S) groups is 1. The summed E-state index contributed by atoms with van der Waals surface area (Å²) in [5.41, 5.74) is 4.76. The third-order valence-electron chi connectivity index (χ3n) is 6.03. The van der Waals surface area contributed by atoms with Crippen LogP contribution in [0.25, 0.3) is 0 Å². The van der Waals surface area contributed by atoms with E-state index in [9.17, 15) is 0 Å². The Morgan fingerprint density at radius 1 is 1.19 bits per heavy atom. The summed E-state index contributed by atoms with van der Waals surface area (Å²) in [4.78, 5) is 9.21. The monoisotopic (exact) mass is 437 g/mol. The van der Waals surface area contributed by atoms with Gasteiger partial charge in [-0.1, -0.05) is 6.07 Å². The molecule has 0 aromatic carbocycles. The maximum Gasteiger partial charge on any atom is 0.170 e. The molecule has 2 atom stereocenters. The number of aryl methyl sites for hydroxylation is 1. The van der Waals surface area contributed by atoms with Crippen molar-refractivity contribution in [2.45, 2.75) is 38.9 Å². The second-order valence-corrected chi connectivity index (χ2v) is 8.86. The Morgan fingerprint density at radius 3 is 2.71 bits per heavy atom. The molecule has 0 aliphatic carbocycles. The Kier molecular flexibility index (Phi) is 6.43. The lowest BCUT2D eigenvalue weighted by atomic mass is 9.96. The summed E-state index contributed by atoms with van der Waals surface area (Å²) in [6, 6.07) is 12.5. The van der Waals surface area contributed by atoms with Crippen LogP contribution in [0.5, 0.6) is 0 Å². The number of nitrogens with one attached hydrogen (secondary N) is 1. The van der Waals surface area contributed by atoms with E-state index >= 15 is 0 Å². The first-order valence-electron chi connectivity index (χ1n) is 10.8. The van der Waals surface area contributed by atoms with Gasteiger partial charge < -0.3 is 24.1 Å². The van der Waals surface area contributed by atoms with E-state index in [1.54, 1.807) is 6.26 Å². The molecule has 7 heteroatoms. The molecule has 0 spiro atoms. The zero-order chi connectivity index (χ0) is 22.0. The fraction of sp³-hybridized carbons (Fsp3) is 0.417. The van der Waals surface area contributed by atoms with E-state index in [1.807, 2.05) is 30.5 Å². The predicted molar refractivity (Wildman–Crippen MR) is 127 cm³/mol. The van der Waals surface area contributed by atoms with Crippen molar-refractivity contribution in [1.82, 2.24) is 24.7 Å². The topological polar surface area (TPSA) is 49.5 Å². The molecule has 1 fully saturated rings. The minimum atomic E-state index is 0.0191. The molecule has 1 N–H and O–H groups in total. The summed E-state index contributed by atoms with van der Waals surface area (Å²) >= 11 is 5.80. The lowest BCUT2D eigenvalue weighted by Gasteiger charge is -2.28. The van der Waals surface area contributed by atoms with Gasteiger partial charge in [0.1, 0.15) is 5.76 Å². The van der Waals surface area contributed by atoms with Gasteiger partial charge in [0.15, 0.2) is 5.11 Å². The van der Waals surface area contributed by atoms with Crippen molar-refractivity contribution in [2.75, 3.05) is 27.2 Å². The fourth-order valence-corrected chi connectivity index (χ4v) is 4.80. The second-order valence-electron chi connectivity index (χ2n) is 8.47. The molecule has 6 nitrogen and oxygen atoms in total. The molecule has 0 saturated carbocycles.